The van der Waals surface area contributed by atoms with E-state index in [0.29, 0.717) is 5.91 Å². The predicted molar refractivity (Wildman–Crippen MR) is 81.4 cm³/mol. The summed E-state index contributed by atoms with van der Waals surface area (Å²) in [6, 6.07) is 0.0377. The van der Waals surface area contributed by atoms with Crippen molar-refractivity contribution in [3.63, 3.8) is 0 Å². The highest BCUT2D eigenvalue weighted by Crippen LogP contribution is 2.34. The number of hydrogen-bond acceptors (Lipinski definition) is 4. The van der Waals surface area contributed by atoms with E-state index in [1.165, 1.54) is 12.8 Å². The molecule has 110 valence electrons. The summed E-state index contributed by atoms with van der Waals surface area (Å²) in [5.74, 6) is 0.321. The maximum Gasteiger partial charge on any atom is 0.239 e. The molecule has 0 aromatic rings. The number of piperidine rings is 1. The van der Waals surface area contributed by atoms with Crippen molar-refractivity contribution in [3.8, 4) is 0 Å². The van der Waals surface area contributed by atoms with E-state index >= 15 is 0 Å². The number of nitrogens with two attached hydrogens (primary N) is 1. The normalized spacial score (nSPS) is 25.5. The molecule has 0 aliphatic carbocycles. The summed E-state index contributed by atoms with van der Waals surface area (Å²) in [6.45, 7) is 6.71. The lowest BCUT2D eigenvalue weighted by atomic mass is 9.94. The molecule has 1 amide bonds. The summed E-state index contributed by atoms with van der Waals surface area (Å²) < 4.78 is 0.243. The molecule has 2 N–H and O–H groups in total. The molecule has 4 nitrogen and oxygen atoms in total. The molecule has 5 heteroatoms. The van der Waals surface area contributed by atoms with Crippen LogP contribution in [0.15, 0.2) is 0 Å². The summed E-state index contributed by atoms with van der Waals surface area (Å²) in [4.78, 5) is 16.8. The van der Waals surface area contributed by atoms with E-state index in [9.17, 15) is 4.79 Å². The lowest BCUT2D eigenvalue weighted by molar-refractivity contribution is -0.135. The smallest absolute Gasteiger partial charge is 0.239 e. The maximum atomic E-state index is 12.4. The van der Waals surface area contributed by atoms with Crippen LogP contribution in [-0.2, 0) is 4.79 Å². The Hall–Kier alpha value is -0.260. The molecular weight excluding hydrogens is 258 g/mol. The Morgan fingerprint density at radius 2 is 1.84 bits per heavy atom. The fraction of sp³-hybridized carbons (Fsp3) is 0.929. The Bertz CT molecular complexity index is 304. The Kier molecular flexibility index (Phi) is 5.15. The quantitative estimate of drug-likeness (QED) is 0.842. The van der Waals surface area contributed by atoms with E-state index in [1.54, 1.807) is 0 Å². The molecule has 1 unspecified atom stereocenters. The largest absolute Gasteiger partial charge is 0.341 e. The summed E-state index contributed by atoms with van der Waals surface area (Å²) in [7, 11) is 0. The minimum atomic E-state index is 0.0377. The van der Waals surface area contributed by atoms with Gasteiger partial charge in [0.2, 0.25) is 5.91 Å². The van der Waals surface area contributed by atoms with E-state index in [2.05, 4.69) is 18.1 Å². The maximum absolute atomic E-state index is 12.4. The zero-order valence-electron chi connectivity index (χ0n) is 12.2. The number of likely N-dealkylation sites (tertiary alicyclic amines) is 2. The molecule has 1 atom stereocenters. The molecule has 2 saturated heterocycles. The number of carbonyl (C=O) groups is 1. The van der Waals surface area contributed by atoms with Crippen LogP contribution in [0.4, 0.5) is 0 Å². The lowest BCUT2D eigenvalue weighted by Crippen LogP contribution is -2.53. The van der Waals surface area contributed by atoms with Crippen molar-refractivity contribution in [2.24, 2.45) is 5.73 Å². The van der Waals surface area contributed by atoms with Crippen LogP contribution in [0.5, 0.6) is 0 Å². The van der Waals surface area contributed by atoms with E-state index < -0.39 is 0 Å². The van der Waals surface area contributed by atoms with Crippen molar-refractivity contribution in [3.05, 3.63) is 0 Å². The zero-order chi connectivity index (χ0) is 13.9. The van der Waals surface area contributed by atoms with E-state index in [1.807, 2.05) is 16.7 Å². The second kappa shape index (κ2) is 6.46. The second-order valence-corrected chi connectivity index (χ2v) is 7.11. The monoisotopic (exact) mass is 285 g/mol. The van der Waals surface area contributed by atoms with Crippen LogP contribution in [0.2, 0.25) is 0 Å². The van der Waals surface area contributed by atoms with Crippen LogP contribution >= 0.6 is 11.8 Å². The molecule has 2 heterocycles. The number of hydrogen-bond donors (Lipinski definition) is 1. The first-order valence-corrected chi connectivity index (χ1v) is 8.62. The van der Waals surface area contributed by atoms with Crippen LogP contribution in [0.25, 0.3) is 0 Å². The molecule has 0 aromatic heterocycles. The number of thioether (sulfide) groups is 1. The lowest BCUT2D eigenvalue weighted by Gasteiger charge is -2.42. The minimum absolute atomic E-state index is 0.0377. The van der Waals surface area contributed by atoms with Gasteiger partial charge < -0.3 is 10.6 Å². The van der Waals surface area contributed by atoms with Gasteiger partial charge in [0, 0.05) is 37.5 Å². The first-order chi connectivity index (χ1) is 9.12. The van der Waals surface area contributed by atoms with Crippen LogP contribution in [0.3, 0.4) is 0 Å². The summed E-state index contributed by atoms with van der Waals surface area (Å²) >= 11 is 1.89. The van der Waals surface area contributed by atoms with Gasteiger partial charge in [-0.1, -0.05) is 0 Å². The van der Waals surface area contributed by atoms with Crippen molar-refractivity contribution in [2.75, 3.05) is 39.0 Å². The van der Waals surface area contributed by atoms with Gasteiger partial charge >= 0.3 is 0 Å². The topological polar surface area (TPSA) is 49.6 Å². The SMILES string of the molecule is CSC1(CN)CCN(C(C)C(=O)N2CCCC2)CC1. The van der Waals surface area contributed by atoms with Gasteiger partial charge in [0.1, 0.15) is 0 Å². The molecule has 2 aliphatic heterocycles. The van der Waals surface area contributed by atoms with Crippen molar-refractivity contribution in [1.29, 1.82) is 0 Å². The van der Waals surface area contributed by atoms with Gasteiger partial charge in [0.05, 0.1) is 6.04 Å². The van der Waals surface area contributed by atoms with Gasteiger partial charge in [0.25, 0.3) is 0 Å². The first-order valence-electron chi connectivity index (χ1n) is 7.40. The molecule has 0 bridgehead atoms. The molecule has 2 rings (SSSR count). The van der Waals surface area contributed by atoms with E-state index in [0.717, 1.165) is 45.6 Å². The molecule has 2 fully saturated rings. The number of carbonyl (C=O) groups excluding carboxylic acids is 1. The first kappa shape index (κ1) is 15.1. The van der Waals surface area contributed by atoms with Gasteiger partial charge in [-0.15, -0.1) is 0 Å². The van der Waals surface area contributed by atoms with Crippen molar-refractivity contribution in [2.45, 2.75) is 43.4 Å². The van der Waals surface area contributed by atoms with Gasteiger partial charge in [0.15, 0.2) is 0 Å². The Labute approximate surface area is 121 Å². The molecule has 2 aliphatic rings. The van der Waals surface area contributed by atoms with Crippen LogP contribution in [-0.4, -0.2) is 65.5 Å². The van der Waals surface area contributed by atoms with Gasteiger partial charge in [-0.05, 0) is 38.9 Å². The zero-order valence-corrected chi connectivity index (χ0v) is 13.0. The van der Waals surface area contributed by atoms with Gasteiger partial charge in [-0.3, -0.25) is 9.69 Å². The number of nitrogens with zero attached hydrogens (tertiary/aromatic N) is 2. The highest BCUT2D eigenvalue weighted by atomic mass is 32.2. The Balaban J connectivity index is 1.88. The Morgan fingerprint density at radius 1 is 1.26 bits per heavy atom. The fourth-order valence-corrected chi connectivity index (χ4v) is 3.93. The number of rotatable bonds is 4. The standard InChI is InChI=1S/C14H27N3OS/c1-12(13(18)17-7-3-4-8-17)16-9-5-14(11-15,19-2)6-10-16/h12H,3-11,15H2,1-2H3. The van der Waals surface area contributed by atoms with E-state index in [-0.39, 0.29) is 10.8 Å². The molecule has 0 aromatic carbocycles. The van der Waals surface area contributed by atoms with Crippen LogP contribution in [0.1, 0.15) is 32.6 Å². The van der Waals surface area contributed by atoms with Crippen molar-refractivity contribution in [1.82, 2.24) is 9.80 Å². The van der Waals surface area contributed by atoms with E-state index in [4.69, 9.17) is 5.73 Å². The van der Waals surface area contributed by atoms with Crippen LogP contribution < -0.4 is 5.73 Å². The third kappa shape index (κ3) is 3.26. The highest BCUT2D eigenvalue weighted by molar-refractivity contribution is 8.00. The minimum Gasteiger partial charge on any atom is -0.341 e. The molecular formula is C14H27N3OS. The molecule has 0 spiro atoms. The predicted octanol–water partition coefficient (Wildman–Crippen LogP) is 1.15. The second-order valence-electron chi connectivity index (χ2n) is 5.84. The third-order valence-corrected chi connectivity index (χ3v) is 6.28. The third-order valence-electron chi connectivity index (χ3n) is 4.84. The molecule has 0 radical (unpaired) electrons. The molecule has 19 heavy (non-hydrogen) atoms. The number of amides is 1. The Morgan fingerprint density at radius 3 is 2.32 bits per heavy atom. The van der Waals surface area contributed by atoms with Crippen molar-refractivity contribution >= 4 is 17.7 Å². The fourth-order valence-electron chi connectivity index (χ4n) is 3.17. The van der Waals surface area contributed by atoms with Gasteiger partial charge in [-0.2, -0.15) is 11.8 Å². The molecule has 0 saturated carbocycles. The highest BCUT2D eigenvalue weighted by Gasteiger charge is 2.36. The van der Waals surface area contributed by atoms with Crippen molar-refractivity contribution < 1.29 is 4.79 Å². The summed E-state index contributed by atoms with van der Waals surface area (Å²) in [6.07, 6.45) is 6.69. The van der Waals surface area contributed by atoms with Crippen LogP contribution in [0, 0.1) is 0 Å². The average molecular weight is 285 g/mol. The summed E-state index contributed by atoms with van der Waals surface area (Å²) in [5.41, 5.74) is 5.92. The van der Waals surface area contributed by atoms with Gasteiger partial charge in [-0.25, -0.2) is 0 Å². The average Bonchev–Trinajstić information content (AvgIpc) is 3.00. The summed E-state index contributed by atoms with van der Waals surface area (Å²) in [5, 5.41) is 0.